The van der Waals surface area contributed by atoms with Gasteiger partial charge in [-0.15, -0.1) is 0 Å². The quantitative estimate of drug-likeness (QED) is 0.680. The van der Waals surface area contributed by atoms with Crippen LogP contribution in [-0.4, -0.2) is 29.4 Å². The molecule has 1 aromatic carbocycles. The number of carbonyl (C=O) groups excluding carboxylic acids is 1. The Kier molecular flexibility index (Phi) is 5.81. The SMILES string of the molecule is CCCCOc1ccc(C(=O)Nc2ccnn2C(C)C2CC2)cc1OC. The number of nitrogens with one attached hydrogen (secondary N) is 1. The zero-order valence-electron chi connectivity index (χ0n) is 15.7. The van der Waals surface area contributed by atoms with Crippen LogP contribution in [0.3, 0.4) is 0 Å². The Balaban J connectivity index is 1.71. The normalized spacial score (nSPS) is 14.7. The Bertz CT molecular complexity index is 753. The number of methoxy groups -OCH3 is 1. The first kappa shape index (κ1) is 18.3. The highest BCUT2D eigenvalue weighted by molar-refractivity contribution is 6.04. The molecule has 0 spiro atoms. The molecule has 1 atom stereocenters. The van der Waals surface area contributed by atoms with Gasteiger partial charge in [-0.1, -0.05) is 13.3 Å². The molecule has 1 fully saturated rings. The van der Waals surface area contributed by atoms with Crippen LogP contribution in [0.15, 0.2) is 30.5 Å². The Morgan fingerprint density at radius 1 is 1.35 bits per heavy atom. The van der Waals surface area contributed by atoms with Crippen LogP contribution >= 0.6 is 0 Å². The summed E-state index contributed by atoms with van der Waals surface area (Å²) >= 11 is 0. The van der Waals surface area contributed by atoms with E-state index in [4.69, 9.17) is 9.47 Å². The summed E-state index contributed by atoms with van der Waals surface area (Å²) in [5.74, 6) is 2.41. The molecule has 0 saturated heterocycles. The van der Waals surface area contributed by atoms with Crippen molar-refractivity contribution < 1.29 is 14.3 Å². The number of rotatable bonds is 9. The van der Waals surface area contributed by atoms with Crippen molar-refractivity contribution in [2.45, 2.75) is 45.6 Å². The van der Waals surface area contributed by atoms with Gasteiger partial charge >= 0.3 is 0 Å². The second kappa shape index (κ2) is 8.25. The average molecular weight is 357 g/mol. The Morgan fingerprint density at radius 2 is 2.15 bits per heavy atom. The molecule has 6 nitrogen and oxygen atoms in total. The van der Waals surface area contributed by atoms with E-state index in [1.54, 1.807) is 31.5 Å². The van der Waals surface area contributed by atoms with E-state index < -0.39 is 0 Å². The van der Waals surface area contributed by atoms with Gasteiger partial charge in [0.05, 0.1) is 26.0 Å². The first-order valence-electron chi connectivity index (χ1n) is 9.29. The molecule has 0 bridgehead atoms. The van der Waals surface area contributed by atoms with Gasteiger partial charge in [0, 0.05) is 11.6 Å². The van der Waals surface area contributed by atoms with Crippen LogP contribution in [-0.2, 0) is 0 Å². The van der Waals surface area contributed by atoms with Crippen LogP contribution in [0.4, 0.5) is 5.82 Å². The van der Waals surface area contributed by atoms with Crippen LogP contribution in [0.1, 0.15) is 55.9 Å². The number of aromatic nitrogens is 2. The lowest BCUT2D eigenvalue weighted by atomic mass is 10.2. The summed E-state index contributed by atoms with van der Waals surface area (Å²) in [5, 5.41) is 7.33. The molecule has 1 aromatic heterocycles. The minimum absolute atomic E-state index is 0.187. The molecule has 0 aliphatic heterocycles. The van der Waals surface area contributed by atoms with Gasteiger partial charge in [0.15, 0.2) is 11.5 Å². The maximum atomic E-state index is 12.7. The number of anilines is 1. The highest BCUT2D eigenvalue weighted by Crippen LogP contribution is 2.40. The van der Waals surface area contributed by atoms with Crippen LogP contribution in [0.2, 0.25) is 0 Å². The number of hydrogen-bond acceptors (Lipinski definition) is 4. The summed E-state index contributed by atoms with van der Waals surface area (Å²) in [7, 11) is 1.58. The molecule has 1 aliphatic carbocycles. The first-order valence-corrected chi connectivity index (χ1v) is 9.29. The van der Waals surface area contributed by atoms with E-state index in [0.717, 1.165) is 18.7 Å². The van der Waals surface area contributed by atoms with Gasteiger partial charge in [-0.3, -0.25) is 4.79 Å². The van der Waals surface area contributed by atoms with Crippen molar-refractivity contribution in [3.8, 4) is 11.5 Å². The number of carbonyl (C=O) groups is 1. The van der Waals surface area contributed by atoms with Gasteiger partial charge in [-0.2, -0.15) is 5.10 Å². The predicted octanol–water partition coefficient (Wildman–Crippen LogP) is 4.29. The minimum Gasteiger partial charge on any atom is -0.493 e. The average Bonchev–Trinajstić information content (AvgIpc) is 3.41. The number of ether oxygens (including phenoxy) is 2. The lowest BCUT2D eigenvalue weighted by Crippen LogP contribution is -2.18. The topological polar surface area (TPSA) is 65.4 Å². The van der Waals surface area contributed by atoms with Crippen molar-refractivity contribution in [1.29, 1.82) is 0 Å². The van der Waals surface area contributed by atoms with Crippen LogP contribution in [0, 0.1) is 5.92 Å². The summed E-state index contributed by atoms with van der Waals surface area (Å²) in [6.45, 7) is 4.89. The van der Waals surface area contributed by atoms with Crippen molar-refractivity contribution in [2.75, 3.05) is 19.0 Å². The molecule has 1 unspecified atom stereocenters. The third kappa shape index (κ3) is 4.18. The summed E-state index contributed by atoms with van der Waals surface area (Å²) in [6.07, 6.45) is 6.22. The number of amides is 1. The molecule has 1 heterocycles. The van der Waals surface area contributed by atoms with Crippen molar-refractivity contribution >= 4 is 11.7 Å². The van der Waals surface area contributed by atoms with Crippen molar-refractivity contribution in [3.63, 3.8) is 0 Å². The van der Waals surface area contributed by atoms with Crippen LogP contribution in [0.5, 0.6) is 11.5 Å². The fraction of sp³-hybridized carbons (Fsp3) is 0.500. The molecule has 1 N–H and O–H groups in total. The third-order valence-electron chi connectivity index (χ3n) is 4.78. The molecule has 1 amide bonds. The summed E-state index contributed by atoms with van der Waals surface area (Å²) < 4.78 is 13.0. The molecule has 26 heavy (non-hydrogen) atoms. The first-order chi connectivity index (χ1) is 12.6. The number of nitrogens with zero attached hydrogens (tertiary/aromatic N) is 2. The maximum Gasteiger partial charge on any atom is 0.256 e. The molecule has 0 radical (unpaired) electrons. The summed E-state index contributed by atoms with van der Waals surface area (Å²) in [4.78, 5) is 12.7. The Labute approximate surface area is 154 Å². The van der Waals surface area contributed by atoms with E-state index in [1.165, 1.54) is 12.8 Å². The van der Waals surface area contributed by atoms with E-state index in [0.29, 0.717) is 35.6 Å². The van der Waals surface area contributed by atoms with Gasteiger partial charge in [0.2, 0.25) is 0 Å². The van der Waals surface area contributed by atoms with Crippen LogP contribution in [0.25, 0.3) is 0 Å². The van der Waals surface area contributed by atoms with Crippen LogP contribution < -0.4 is 14.8 Å². The third-order valence-corrected chi connectivity index (χ3v) is 4.78. The summed E-state index contributed by atoms with van der Waals surface area (Å²) in [5.41, 5.74) is 0.525. The van der Waals surface area contributed by atoms with E-state index in [1.807, 2.05) is 10.7 Å². The van der Waals surface area contributed by atoms with Crippen molar-refractivity contribution in [2.24, 2.45) is 5.92 Å². The van der Waals surface area contributed by atoms with Gasteiger partial charge in [0.1, 0.15) is 5.82 Å². The maximum absolute atomic E-state index is 12.7. The largest absolute Gasteiger partial charge is 0.493 e. The predicted molar refractivity (Wildman–Crippen MR) is 101 cm³/mol. The van der Waals surface area contributed by atoms with E-state index in [2.05, 4.69) is 24.3 Å². The number of benzene rings is 1. The fourth-order valence-corrected chi connectivity index (χ4v) is 2.96. The van der Waals surface area contributed by atoms with Gasteiger partial charge in [-0.25, -0.2) is 4.68 Å². The number of hydrogen-bond donors (Lipinski definition) is 1. The molecule has 3 rings (SSSR count). The zero-order chi connectivity index (χ0) is 18.5. The fourth-order valence-electron chi connectivity index (χ4n) is 2.96. The smallest absolute Gasteiger partial charge is 0.256 e. The molecule has 2 aromatic rings. The highest BCUT2D eigenvalue weighted by atomic mass is 16.5. The Hall–Kier alpha value is -2.50. The lowest BCUT2D eigenvalue weighted by Gasteiger charge is -2.16. The Morgan fingerprint density at radius 3 is 2.85 bits per heavy atom. The lowest BCUT2D eigenvalue weighted by molar-refractivity contribution is 0.102. The minimum atomic E-state index is -0.187. The molecule has 1 saturated carbocycles. The molecule has 140 valence electrons. The van der Waals surface area contributed by atoms with Crippen molar-refractivity contribution in [1.82, 2.24) is 9.78 Å². The summed E-state index contributed by atoms with van der Waals surface area (Å²) in [6, 6.07) is 7.37. The van der Waals surface area contributed by atoms with Gasteiger partial charge in [-0.05, 0) is 50.3 Å². The monoisotopic (exact) mass is 357 g/mol. The second-order valence-electron chi connectivity index (χ2n) is 6.76. The van der Waals surface area contributed by atoms with Gasteiger partial charge < -0.3 is 14.8 Å². The van der Waals surface area contributed by atoms with E-state index in [9.17, 15) is 4.79 Å². The van der Waals surface area contributed by atoms with E-state index >= 15 is 0 Å². The molecule has 1 aliphatic rings. The highest BCUT2D eigenvalue weighted by Gasteiger charge is 2.30. The molecular weight excluding hydrogens is 330 g/mol. The van der Waals surface area contributed by atoms with Crippen molar-refractivity contribution in [3.05, 3.63) is 36.0 Å². The van der Waals surface area contributed by atoms with E-state index in [-0.39, 0.29) is 5.91 Å². The number of unbranched alkanes of at least 4 members (excludes halogenated alkanes) is 1. The van der Waals surface area contributed by atoms with Gasteiger partial charge in [0.25, 0.3) is 5.91 Å². The standard InChI is InChI=1S/C20H27N3O3/c1-4-5-12-26-17-9-8-16(13-18(17)25-3)20(24)22-19-10-11-21-23(19)14(2)15-6-7-15/h8-11,13-15H,4-7,12H2,1-3H3,(H,22,24). The molecule has 6 heteroatoms. The second-order valence-corrected chi connectivity index (χ2v) is 6.76. The zero-order valence-corrected chi connectivity index (χ0v) is 15.7. The molecular formula is C20H27N3O3.